The lowest BCUT2D eigenvalue weighted by molar-refractivity contribution is 0.0787. The molecular weight excluding hydrogens is 450 g/mol. The molecule has 3 rings (SSSR count). The van der Waals surface area contributed by atoms with Crippen LogP contribution in [0, 0.1) is 0 Å². The van der Waals surface area contributed by atoms with Gasteiger partial charge in [0.05, 0.1) is 21.6 Å². The molecule has 5 nitrogen and oxygen atoms in total. The van der Waals surface area contributed by atoms with E-state index < -0.39 is 0 Å². The van der Waals surface area contributed by atoms with Crippen molar-refractivity contribution >= 4 is 44.8 Å². The van der Waals surface area contributed by atoms with Crippen LogP contribution in [0.2, 0.25) is 5.02 Å². The second-order valence-corrected chi connectivity index (χ2v) is 8.21. The lowest BCUT2D eigenvalue weighted by Gasteiger charge is -2.15. The van der Waals surface area contributed by atoms with Crippen LogP contribution in [0.5, 0.6) is 5.75 Å². The molecule has 2 aromatic heterocycles. The number of carbonyl (C=O) groups excluding carboxylic acids is 1. The van der Waals surface area contributed by atoms with Gasteiger partial charge in [0.15, 0.2) is 0 Å². The molecule has 0 atom stereocenters. The molecule has 0 aliphatic carbocycles. The first-order valence-electron chi connectivity index (χ1n) is 8.39. The molecule has 0 aliphatic heterocycles. The molecule has 0 fully saturated rings. The van der Waals surface area contributed by atoms with Gasteiger partial charge in [-0.3, -0.25) is 9.48 Å². The first-order valence-corrected chi connectivity index (χ1v) is 10.4. The normalized spacial score (nSPS) is 10.8. The fraction of sp³-hybridized carbons (Fsp3) is 0.263. The molecule has 2 heterocycles. The van der Waals surface area contributed by atoms with Crippen molar-refractivity contribution in [3.63, 3.8) is 0 Å². The van der Waals surface area contributed by atoms with Crippen LogP contribution in [0.15, 0.2) is 46.4 Å². The van der Waals surface area contributed by atoms with E-state index in [0.29, 0.717) is 28.8 Å². The number of rotatable bonds is 7. The highest BCUT2D eigenvalue weighted by molar-refractivity contribution is 9.10. The Morgan fingerprint density at radius 2 is 2.22 bits per heavy atom. The van der Waals surface area contributed by atoms with Crippen LogP contribution in [0.4, 0.5) is 0 Å². The summed E-state index contributed by atoms with van der Waals surface area (Å²) in [5.41, 5.74) is 1.79. The number of hydrogen-bond donors (Lipinski definition) is 0. The first-order chi connectivity index (χ1) is 13.0. The SMILES string of the molecule is CCn1cc(Br)c(CN(C)C(=O)c2cc(COc3cccc(Cl)c3)cs2)n1. The number of aromatic nitrogens is 2. The summed E-state index contributed by atoms with van der Waals surface area (Å²) in [6, 6.07) is 9.13. The summed E-state index contributed by atoms with van der Waals surface area (Å²) < 4.78 is 8.48. The van der Waals surface area contributed by atoms with Crippen LogP contribution in [-0.2, 0) is 19.7 Å². The predicted molar refractivity (Wildman–Crippen MR) is 112 cm³/mol. The van der Waals surface area contributed by atoms with Gasteiger partial charge in [-0.2, -0.15) is 5.10 Å². The van der Waals surface area contributed by atoms with Gasteiger partial charge in [-0.25, -0.2) is 0 Å². The van der Waals surface area contributed by atoms with Gasteiger partial charge in [0.1, 0.15) is 12.4 Å². The quantitative estimate of drug-likeness (QED) is 0.477. The Bertz CT molecular complexity index is 941. The third-order valence-electron chi connectivity index (χ3n) is 3.91. The number of benzene rings is 1. The molecule has 1 aromatic carbocycles. The second-order valence-electron chi connectivity index (χ2n) is 6.01. The molecule has 0 spiro atoms. The molecule has 0 radical (unpaired) electrons. The minimum Gasteiger partial charge on any atom is -0.489 e. The van der Waals surface area contributed by atoms with Crippen molar-refractivity contribution in [2.45, 2.75) is 26.6 Å². The van der Waals surface area contributed by atoms with E-state index in [1.165, 1.54) is 11.3 Å². The van der Waals surface area contributed by atoms with Crippen LogP contribution in [0.3, 0.4) is 0 Å². The van der Waals surface area contributed by atoms with E-state index in [1.54, 1.807) is 24.1 Å². The highest BCUT2D eigenvalue weighted by Gasteiger charge is 2.17. The summed E-state index contributed by atoms with van der Waals surface area (Å²) in [6.07, 6.45) is 1.92. The third-order valence-corrected chi connectivity index (χ3v) is 5.78. The van der Waals surface area contributed by atoms with E-state index in [-0.39, 0.29) is 5.91 Å². The van der Waals surface area contributed by atoms with E-state index in [9.17, 15) is 4.79 Å². The van der Waals surface area contributed by atoms with Gasteiger partial charge in [0, 0.05) is 30.4 Å². The highest BCUT2D eigenvalue weighted by atomic mass is 79.9. The minimum absolute atomic E-state index is 0.0352. The topological polar surface area (TPSA) is 47.4 Å². The Morgan fingerprint density at radius 1 is 1.41 bits per heavy atom. The zero-order chi connectivity index (χ0) is 19.4. The van der Waals surface area contributed by atoms with E-state index in [2.05, 4.69) is 21.0 Å². The third kappa shape index (κ3) is 5.12. The molecule has 0 saturated carbocycles. The summed E-state index contributed by atoms with van der Waals surface area (Å²) in [7, 11) is 1.78. The highest BCUT2D eigenvalue weighted by Crippen LogP contribution is 2.22. The molecule has 0 bridgehead atoms. The van der Waals surface area contributed by atoms with E-state index in [0.717, 1.165) is 22.3 Å². The molecule has 8 heteroatoms. The molecular formula is C19H19BrClN3O2S. The summed E-state index contributed by atoms with van der Waals surface area (Å²) in [4.78, 5) is 15.0. The summed E-state index contributed by atoms with van der Waals surface area (Å²) in [5.74, 6) is 0.669. The zero-order valence-electron chi connectivity index (χ0n) is 15.0. The number of aryl methyl sites for hydroxylation is 1. The smallest absolute Gasteiger partial charge is 0.264 e. The van der Waals surface area contributed by atoms with Crippen molar-refractivity contribution in [2.75, 3.05) is 7.05 Å². The van der Waals surface area contributed by atoms with Gasteiger partial charge < -0.3 is 9.64 Å². The molecule has 0 N–H and O–H groups in total. The van der Waals surface area contributed by atoms with E-state index >= 15 is 0 Å². The predicted octanol–water partition coefficient (Wildman–Crippen LogP) is 5.23. The lowest BCUT2D eigenvalue weighted by atomic mass is 10.3. The van der Waals surface area contributed by atoms with Crippen molar-refractivity contribution in [1.29, 1.82) is 0 Å². The standard InChI is InChI=1S/C19H19BrClN3O2S/c1-3-24-9-16(20)17(22-24)10-23(2)19(25)18-7-13(12-27-18)11-26-15-6-4-5-14(21)8-15/h4-9,12H,3,10-11H2,1-2H3. The average molecular weight is 469 g/mol. The van der Waals surface area contributed by atoms with Gasteiger partial charge in [-0.1, -0.05) is 17.7 Å². The van der Waals surface area contributed by atoms with Crippen LogP contribution in [0.25, 0.3) is 0 Å². The Kier molecular flexibility index (Phi) is 6.57. The van der Waals surface area contributed by atoms with Crippen molar-refractivity contribution in [2.24, 2.45) is 0 Å². The maximum absolute atomic E-state index is 12.7. The largest absolute Gasteiger partial charge is 0.489 e. The number of carbonyl (C=O) groups is 1. The van der Waals surface area contributed by atoms with E-state index in [1.807, 2.05) is 41.4 Å². The van der Waals surface area contributed by atoms with Crippen molar-refractivity contribution in [1.82, 2.24) is 14.7 Å². The number of halogens is 2. The van der Waals surface area contributed by atoms with Gasteiger partial charge >= 0.3 is 0 Å². The molecule has 0 unspecified atom stereocenters. The molecule has 1 amide bonds. The minimum atomic E-state index is -0.0352. The Morgan fingerprint density at radius 3 is 2.93 bits per heavy atom. The number of nitrogens with zero attached hydrogens (tertiary/aromatic N) is 3. The van der Waals surface area contributed by atoms with Crippen LogP contribution in [0.1, 0.15) is 27.9 Å². The fourth-order valence-corrected chi connectivity index (χ4v) is 3.99. The van der Waals surface area contributed by atoms with Crippen LogP contribution in [-0.4, -0.2) is 27.6 Å². The first kappa shape index (κ1) is 19.9. The molecule has 27 heavy (non-hydrogen) atoms. The van der Waals surface area contributed by atoms with Crippen molar-refractivity contribution in [3.05, 3.63) is 67.5 Å². The Hall–Kier alpha value is -1.83. The van der Waals surface area contributed by atoms with Crippen molar-refractivity contribution < 1.29 is 9.53 Å². The Labute approximate surface area is 175 Å². The number of amides is 1. The molecule has 3 aromatic rings. The fourth-order valence-electron chi connectivity index (χ4n) is 2.48. The van der Waals surface area contributed by atoms with E-state index in [4.69, 9.17) is 16.3 Å². The number of thiophene rings is 1. The zero-order valence-corrected chi connectivity index (χ0v) is 18.1. The van der Waals surface area contributed by atoms with Crippen LogP contribution < -0.4 is 4.74 Å². The maximum Gasteiger partial charge on any atom is 0.264 e. The lowest BCUT2D eigenvalue weighted by Crippen LogP contribution is -2.25. The molecule has 0 saturated heterocycles. The number of ether oxygens (including phenoxy) is 1. The van der Waals surface area contributed by atoms with Crippen molar-refractivity contribution in [3.8, 4) is 5.75 Å². The summed E-state index contributed by atoms with van der Waals surface area (Å²) in [5, 5.41) is 7.04. The average Bonchev–Trinajstić information content (AvgIpc) is 3.26. The molecule has 0 aliphatic rings. The van der Waals surface area contributed by atoms with Gasteiger partial charge in [-0.15, -0.1) is 11.3 Å². The van der Waals surface area contributed by atoms with Crippen LogP contribution >= 0.6 is 38.9 Å². The summed E-state index contributed by atoms with van der Waals surface area (Å²) >= 11 is 10.9. The molecule has 142 valence electrons. The summed E-state index contributed by atoms with van der Waals surface area (Å²) in [6.45, 7) is 3.65. The van der Waals surface area contributed by atoms with Gasteiger partial charge in [-0.05, 0) is 52.5 Å². The van der Waals surface area contributed by atoms with Gasteiger partial charge in [0.2, 0.25) is 0 Å². The second kappa shape index (κ2) is 8.91. The maximum atomic E-state index is 12.7. The Balaban J connectivity index is 1.60. The monoisotopic (exact) mass is 467 g/mol. The number of hydrogen-bond acceptors (Lipinski definition) is 4. The van der Waals surface area contributed by atoms with Gasteiger partial charge in [0.25, 0.3) is 5.91 Å².